The maximum Gasteiger partial charge on any atom is 0.321 e. The lowest BCUT2D eigenvalue weighted by Crippen LogP contribution is -2.49. The van der Waals surface area contributed by atoms with E-state index in [4.69, 9.17) is 0 Å². The Morgan fingerprint density at radius 1 is 1.26 bits per heavy atom. The lowest BCUT2D eigenvalue weighted by atomic mass is 9.92. The zero-order valence-corrected chi connectivity index (χ0v) is 11.4. The van der Waals surface area contributed by atoms with Crippen molar-refractivity contribution >= 4 is 5.97 Å². The van der Waals surface area contributed by atoms with E-state index in [2.05, 4.69) is 30.0 Å². The van der Waals surface area contributed by atoms with Gasteiger partial charge in [0.2, 0.25) is 0 Å². The predicted octanol–water partition coefficient (Wildman–Crippen LogP) is 2.69. The van der Waals surface area contributed by atoms with Crippen LogP contribution in [0.3, 0.4) is 0 Å². The van der Waals surface area contributed by atoms with Crippen LogP contribution in [-0.4, -0.2) is 28.1 Å². The zero-order valence-electron chi connectivity index (χ0n) is 11.4. The Hall–Kier alpha value is -1.35. The van der Waals surface area contributed by atoms with Crippen LogP contribution >= 0.6 is 0 Å². The van der Waals surface area contributed by atoms with Crippen LogP contribution < -0.4 is 0 Å². The summed E-state index contributed by atoms with van der Waals surface area (Å²) in [4.78, 5) is 13.8. The van der Waals surface area contributed by atoms with Crippen molar-refractivity contribution in [1.82, 2.24) is 4.90 Å². The predicted molar refractivity (Wildman–Crippen MR) is 73.9 cm³/mol. The Morgan fingerprint density at radius 3 is 2.63 bits per heavy atom. The zero-order chi connectivity index (χ0) is 13.4. The molecular weight excluding hydrogens is 238 g/mol. The molecule has 3 unspecified atom stereocenters. The molecule has 2 aliphatic rings. The van der Waals surface area contributed by atoms with E-state index in [1.165, 1.54) is 17.5 Å². The summed E-state index contributed by atoms with van der Waals surface area (Å²) in [6.45, 7) is 3.07. The van der Waals surface area contributed by atoms with Gasteiger partial charge in [-0.15, -0.1) is 0 Å². The smallest absolute Gasteiger partial charge is 0.321 e. The van der Waals surface area contributed by atoms with Gasteiger partial charge in [0.1, 0.15) is 6.04 Å². The van der Waals surface area contributed by atoms with Gasteiger partial charge >= 0.3 is 5.97 Å². The first kappa shape index (κ1) is 12.7. The molecule has 0 aromatic heterocycles. The van der Waals surface area contributed by atoms with E-state index in [0.717, 1.165) is 25.3 Å². The van der Waals surface area contributed by atoms with E-state index in [0.29, 0.717) is 12.5 Å². The molecule has 1 aromatic carbocycles. The highest BCUT2D eigenvalue weighted by Crippen LogP contribution is 2.34. The molecule has 0 bridgehead atoms. The molecule has 1 saturated carbocycles. The number of nitrogens with zero attached hydrogens (tertiary/aromatic N) is 1. The standard InChI is InChI=1S/C16H21NO2/c1-11-6-7-14(8-11)17-10-13-5-3-2-4-12(13)9-15(17)16(18)19/h2-5,11,14-15H,6-10H2,1H3,(H,18,19). The lowest BCUT2D eigenvalue weighted by molar-refractivity contribution is -0.145. The maximum absolute atomic E-state index is 11.6. The molecular formula is C16H21NO2. The molecule has 3 nitrogen and oxygen atoms in total. The fraction of sp³-hybridized carbons (Fsp3) is 0.562. The fourth-order valence-electron chi connectivity index (χ4n) is 3.63. The van der Waals surface area contributed by atoms with Crippen molar-refractivity contribution in [2.45, 2.75) is 51.2 Å². The van der Waals surface area contributed by atoms with E-state index >= 15 is 0 Å². The quantitative estimate of drug-likeness (QED) is 0.887. The van der Waals surface area contributed by atoms with Crippen LogP contribution in [-0.2, 0) is 17.8 Å². The van der Waals surface area contributed by atoms with E-state index in [9.17, 15) is 9.90 Å². The first-order valence-electron chi connectivity index (χ1n) is 7.20. The van der Waals surface area contributed by atoms with Gasteiger partial charge in [0.15, 0.2) is 0 Å². The second kappa shape index (κ2) is 4.97. The Kier molecular flexibility index (Phi) is 3.31. The average molecular weight is 259 g/mol. The van der Waals surface area contributed by atoms with Crippen LogP contribution in [0.5, 0.6) is 0 Å². The number of carboxylic acid groups (broad SMARTS) is 1. The summed E-state index contributed by atoms with van der Waals surface area (Å²) >= 11 is 0. The molecule has 3 rings (SSSR count). The number of carboxylic acids is 1. The largest absolute Gasteiger partial charge is 0.480 e. The first-order chi connectivity index (χ1) is 9.15. The lowest BCUT2D eigenvalue weighted by Gasteiger charge is -2.38. The number of aliphatic carboxylic acids is 1. The monoisotopic (exact) mass is 259 g/mol. The van der Waals surface area contributed by atoms with Crippen LogP contribution in [0.15, 0.2) is 24.3 Å². The van der Waals surface area contributed by atoms with Gasteiger partial charge in [-0.1, -0.05) is 31.2 Å². The van der Waals surface area contributed by atoms with Gasteiger partial charge < -0.3 is 5.11 Å². The number of rotatable bonds is 2. The van der Waals surface area contributed by atoms with Crippen molar-refractivity contribution in [3.63, 3.8) is 0 Å². The summed E-state index contributed by atoms with van der Waals surface area (Å²) in [5.74, 6) is 0.0608. The number of benzene rings is 1. The van der Waals surface area contributed by atoms with Crippen molar-refractivity contribution in [1.29, 1.82) is 0 Å². The maximum atomic E-state index is 11.6. The van der Waals surface area contributed by atoms with E-state index in [1.54, 1.807) is 0 Å². The fourth-order valence-corrected chi connectivity index (χ4v) is 3.63. The minimum absolute atomic E-state index is 0.342. The molecule has 0 amide bonds. The third-order valence-corrected chi connectivity index (χ3v) is 4.71. The van der Waals surface area contributed by atoms with Gasteiger partial charge in [0.25, 0.3) is 0 Å². The molecule has 19 heavy (non-hydrogen) atoms. The van der Waals surface area contributed by atoms with Gasteiger partial charge in [-0.05, 0) is 42.7 Å². The van der Waals surface area contributed by atoms with Gasteiger partial charge in [-0.25, -0.2) is 0 Å². The highest BCUT2D eigenvalue weighted by Gasteiger charge is 2.37. The SMILES string of the molecule is CC1CCC(N2Cc3ccccc3CC2C(=O)O)C1. The van der Waals surface area contributed by atoms with Crippen molar-refractivity contribution in [2.24, 2.45) is 5.92 Å². The summed E-state index contributed by atoms with van der Waals surface area (Å²) in [5, 5.41) is 9.52. The second-order valence-electron chi connectivity index (χ2n) is 6.07. The third-order valence-electron chi connectivity index (χ3n) is 4.71. The summed E-state index contributed by atoms with van der Waals surface area (Å²) in [7, 11) is 0. The van der Waals surface area contributed by atoms with Crippen molar-refractivity contribution in [3.8, 4) is 0 Å². The summed E-state index contributed by atoms with van der Waals surface area (Å²) < 4.78 is 0. The van der Waals surface area contributed by atoms with Crippen LogP contribution in [0.1, 0.15) is 37.3 Å². The minimum Gasteiger partial charge on any atom is -0.480 e. The molecule has 0 spiro atoms. The van der Waals surface area contributed by atoms with Crippen molar-refractivity contribution in [3.05, 3.63) is 35.4 Å². The number of hydrogen-bond acceptors (Lipinski definition) is 2. The van der Waals surface area contributed by atoms with Crippen LogP contribution in [0, 0.1) is 5.92 Å². The second-order valence-corrected chi connectivity index (χ2v) is 6.07. The Balaban J connectivity index is 1.87. The molecule has 1 aliphatic carbocycles. The van der Waals surface area contributed by atoms with Gasteiger partial charge in [-0.3, -0.25) is 9.69 Å². The summed E-state index contributed by atoms with van der Waals surface area (Å²) in [5.41, 5.74) is 2.51. The van der Waals surface area contributed by atoms with E-state index in [1.807, 2.05) is 6.07 Å². The molecule has 1 fully saturated rings. The van der Waals surface area contributed by atoms with Crippen LogP contribution in [0.2, 0.25) is 0 Å². The minimum atomic E-state index is -0.672. The van der Waals surface area contributed by atoms with Gasteiger partial charge in [0.05, 0.1) is 0 Å². The molecule has 1 aliphatic heterocycles. The average Bonchev–Trinajstić information content (AvgIpc) is 2.83. The Morgan fingerprint density at radius 2 is 2.00 bits per heavy atom. The first-order valence-corrected chi connectivity index (χ1v) is 7.20. The van der Waals surface area contributed by atoms with Crippen LogP contribution in [0.4, 0.5) is 0 Å². The number of hydrogen-bond donors (Lipinski definition) is 1. The molecule has 3 heteroatoms. The Bertz CT molecular complexity index is 485. The van der Waals surface area contributed by atoms with Crippen molar-refractivity contribution < 1.29 is 9.90 Å². The van der Waals surface area contributed by atoms with Gasteiger partial charge in [0, 0.05) is 12.6 Å². The topological polar surface area (TPSA) is 40.5 Å². The number of fused-ring (bicyclic) bond motifs is 1. The van der Waals surface area contributed by atoms with E-state index < -0.39 is 5.97 Å². The third kappa shape index (κ3) is 2.39. The normalized spacial score (nSPS) is 31.1. The van der Waals surface area contributed by atoms with E-state index in [-0.39, 0.29) is 6.04 Å². The molecule has 0 radical (unpaired) electrons. The molecule has 1 aromatic rings. The molecule has 1 N–H and O–H groups in total. The molecule has 0 saturated heterocycles. The summed E-state index contributed by atoms with van der Waals surface area (Å²) in [6, 6.07) is 8.37. The van der Waals surface area contributed by atoms with Crippen molar-refractivity contribution in [2.75, 3.05) is 0 Å². The van der Waals surface area contributed by atoms with Gasteiger partial charge in [-0.2, -0.15) is 0 Å². The highest BCUT2D eigenvalue weighted by atomic mass is 16.4. The Labute approximate surface area is 114 Å². The molecule has 102 valence electrons. The molecule has 3 atom stereocenters. The molecule has 1 heterocycles. The van der Waals surface area contributed by atoms with Crippen LogP contribution in [0.25, 0.3) is 0 Å². The highest BCUT2D eigenvalue weighted by molar-refractivity contribution is 5.74. The summed E-state index contributed by atoms with van der Waals surface area (Å²) in [6.07, 6.45) is 4.17. The number of carbonyl (C=O) groups is 1.